The molecule has 1 fully saturated rings. The van der Waals surface area contributed by atoms with Crippen molar-refractivity contribution in [3.05, 3.63) is 58.6 Å². The quantitative estimate of drug-likeness (QED) is 0.590. The van der Waals surface area contributed by atoms with Crippen LogP contribution in [0.15, 0.2) is 48.8 Å². The van der Waals surface area contributed by atoms with Crippen LogP contribution in [0.1, 0.15) is 19.8 Å². The first kappa shape index (κ1) is 18.3. The summed E-state index contributed by atoms with van der Waals surface area (Å²) in [7, 11) is 0. The topological polar surface area (TPSA) is 38.9 Å². The third kappa shape index (κ3) is 3.98. The first-order valence-corrected chi connectivity index (χ1v) is 9.99. The number of hydrogen-bond acceptors (Lipinski definition) is 4. The number of nitrogens with zero attached hydrogens (tertiary/aromatic N) is 5. The van der Waals surface area contributed by atoms with Crippen molar-refractivity contribution in [2.24, 2.45) is 5.92 Å². The minimum atomic E-state index is 0.683. The molecule has 1 aliphatic heterocycles. The summed E-state index contributed by atoms with van der Waals surface area (Å²) in [5.74, 6) is 1.61. The first-order chi connectivity index (χ1) is 13.1. The van der Waals surface area contributed by atoms with E-state index in [-0.39, 0.29) is 0 Å². The predicted octanol–water partition coefficient (Wildman–Crippen LogP) is 4.81. The zero-order chi connectivity index (χ0) is 18.8. The Morgan fingerprint density at radius 1 is 1.07 bits per heavy atom. The molecule has 140 valence electrons. The molecule has 5 nitrogen and oxygen atoms in total. The predicted molar refractivity (Wildman–Crippen MR) is 111 cm³/mol. The second-order valence-corrected chi connectivity index (χ2v) is 7.90. The van der Waals surface area contributed by atoms with Gasteiger partial charge in [-0.25, -0.2) is 4.68 Å². The zero-order valence-corrected chi connectivity index (χ0v) is 16.8. The van der Waals surface area contributed by atoms with Crippen LogP contribution in [0.3, 0.4) is 0 Å². The highest BCUT2D eigenvalue weighted by atomic mass is 35.5. The van der Waals surface area contributed by atoms with Gasteiger partial charge in [-0.15, -0.1) is 5.10 Å². The Morgan fingerprint density at radius 3 is 2.41 bits per heavy atom. The highest BCUT2D eigenvalue weighted by Gasteiger charge is 2.19. The smallest absolute Gasteiger partial charge is 0.204 e. The van der Waals surface area contributed by atoms with Gasteiger partial charge in [-0.1, -0.05) is 18.5 Å². The number of benzene rings is 1. The summed E-state index contributed by atoms with van der Waals surface area (Å²) in [5, 5.41) is 5.56. The van der Waals surface area contributed by atoms with Gasteiger partial charge in [0, 0.05) is 36.1 Å². The molecule has 1 saturated heterocycles. The van der Waals surface area contributed by atoms with E-state index >= 15 is 0 Å². The fourth-order valence-corrected chi connectivity index (χ4v) is 3.82. The fourth-order valence-electron chi connectivity index (χ4n) is 3.40. The lowest BCUT2D eigenvalue weighted by Gasteiger charge is -2.29. The Balaban J connectivity index is 1.75. The number of piperidine rings is 1. The molecule has 0 N–H and O–H groups in total. The van der Waals surface area contributed by atoms with E-state index in [4.69, 9.17) is 28.9 Å². The summed E-state index contributed by atoms with van der Waals surface area (Å²) in [4.78, 5) is 6.54. The molecule has 0 saturated carbocycles. The molecule has 0 spiro atoms. The summed E-state index contributed by atoms with van der Waals surface area (Å²) in [6, 6.07) is 11.6. The Bertz CT molecular complexity index is 956. The van der Waals surface area contributed by atoms with Crippen LogP contribution in [-0.4, -0.2) is 37.3 Å². The fraction of sp³-hybridized carbons (Fsp3) is 0.350. The Kier molecular flexibility index (Phi) is 5.38. The third-order valence-electron chi connectivity index (χ3n) is 5.07. The number of pyridine rings is 1. The van der Waals surface area contributed by atoms with Crippen LogP contribution in [0.4, 0.5) is 0 Å². The maximum atomic E-state index is 6.07. The van der Waals surface area contributed by atoms with E-state index in [1.807, 2.05) is 45.6 Å². The molecule has 0 atom stereocenters. The van der Waals surface area contributed by atoms with Crippen molar-refractivity contribution >= 4 is 23.8 Å². The lowest BCUT2D eigenvalue weighted by atomic mass is 10.00. The van der Waals surface area contributed by atoms with E-state index in [0.717, 1.165) is 36.1 Å². The molecular weight excluding hydrogens is 378 g/mol. The van der Waals surface area contributed by atoms with Gasteiger partial charge in [0.05, 0.1) is 12.4 Å². The molecule has 27 heavy (non-hydrogen) atoms. The van der Waals surface area contributed by atoms with Crippen LogP contribution >= 0.6 is 23.8 Å². The number of likely N-dealkylation sites (tertiary alicyclic amines) is 1. The standard InChI is InChI=1S/C20H22ClN5S/c1-15-8-12-24(13-9-15)14-25-20(27)26(18-4-2-17(21)3-5-18)19(23-25)16-6-10-22-11-7-16/h2-7,10-11,15H,8-9,12-14H2,1H3. The lowest BCUT2D eigenvalue weighted by molar-refractivity contribution is 0.146. The molecule has 2 aromatic heterocycles. The minimum Gasteiger partial charge on any atom is -0.284 e. The van der Waals surface area contributed by atoms with Gasteiger partial charge >= 0.3 is 0 Å². The summed E-state index contributed by atoms with van der Waals surface area (Å²) < 4.78 is 4.62. The van der Waals surface area contributed by atoms with E-state index in [9.17, 15) is 0 Å². The molecule has 0 unspecified atom stereocenters. The van der Waals surface area contributed by atoms with Gasteiger partial charge in [-0.2, -0.15) is 0 Å². The van der Waals surface area contributed by atoms with Gasteiger partial charge in [-0.3, -0.25) is 14.5 Å². The third-order valence-corrected chi connectivity index (χ3v) is 5.72. The van der Waals surface area contributed by atoms with Crippen molar-refractivity contribution in [2.45, 2.75) is 26.4 Å². The minimum absolute atomic E-state index is 0.683. The molecule has 0 radical (unpaired) electrons. The van der Waals surface area contributed by atoms with Gasteiger partial charge in [0.2, 0.25) is 4.77 Å². The average molecular weight is 400 g/mol. The van der Waals surface area contributed by atoms with Crippen LogP contribution in [0.2, 0.25) is 5.02 Å². The van der Waals surface area contributed by atoms with Crippen LogP contribution < -0.4 is 0 Å². The average Bonchev–Trinajstić information content (AvgIpc) is 3.01. The van der Waals surface area contributed by atoms with Gasteiger partial charge in [-0.05, 0) is 67.4 Å². The monoisotopic (exact) mass is 399 g/mol. The Hall–Kier alpha value is -2.02. The van der Waals surface area contributed by atoms with Crippen molar-refractivity contribution in [3.63, 3.8) is 0 Å². The van der Waals surface area contributed by atoms with Gasteiger partial charge < -0.3 is 0 Å². The van der Waals surface area contributed by atoms with Crippen molar-refractivity contribution < 1.29 is 0 Å². The van der Waals surface area contributed by atoms with E-state index in [1.165, 1.54) is 12.8 Å². The largest absolute Gasteiger partial charge is 0.284 e. The summed E-state index contributed by atoms with van der Waals surface area (Å²) in [6.45, 7) is 5.20. The molecule has 0 aliphatic carbocycles. The molecule has 1 aliphatic rings. The number of rotatable bonds is 4. The van der Waals surface area contributed by atoms with Crippen LogP contribution in [-0.2, 0) is 6.67 Å². The number of hydrogen-bond donors (Lipinski definition) is 0. The Morgan fingerprint density at radius 2 is 1.74 bits per heavy atom. The zero-order valence-electron chi connectivity index (χ0n) is 15.3. The van der Waals surface area contributed by atoms with E-state index < -0.39 is 0 Å². The van der Waals surface area contributed by atoms with Crippen LogP contribution in [0, 0.1) is 10.7 Å². The van der Waals surface area contributed by atoms with Crippen molar-refractivity contribution in [1.29, 1.82) is 0 Å². The van der Waals surface area contributed by atoms with Crippen molar-refractivity contribution in [3.8, 4) is 17.1 Å². The maximum absolute atomic E-state index is 6.07. The molecule has 3 aromatic rings. The first-order valence-electron chi connectivity index (χ1n) is 9.20. The summed E-state index contributed by atoms with van der Waals surface area (Å²) in [6.07, 6.45) is 6.00. The molecule has 1 aromatic carbocycles. The van der Waals surface area contributed by atoms with E-state index in [1.54, 1.807) is 12.4 Å². The van der Waals surface area contributed by atoms with E-state index in [2.05, 4.69) is 16.8 Å². The van der Waals surface area contributed by atoms with Crippen LogP contribution in [0.25, 0.3) is 17.1 Å². The second-order valence-electron chi connectivity index (χ2n) is 7.10. The molecule has 0 amide bonds. The normalized spacial score (nSPS) is 15.9. The number of halogens is 1. The highest BCUT2D eigenvalue weighted by Crippen LogP contribution is 2.24. The SMILES string of the molecule is CC1CCN(Cn2nc(-c3ccncc3)n(-c3ccc(Cl)cc3)c2=S)CC1. The van der Waals surface area contributed by atoms with Crippen LogP contribution in [0.5, 0.6) is 0 Å². The lowest BCUT2D eigenvalue weighted by Crippen LogP contribution is -2.34. The van der Waals surface area contributed by atoms with Crippen molar-refractivity contribution in [2.75, 3.05) is 13.1 Å². The highest BCUT2D eigenvalue weighted by molar-refractivity contribution is 7.71. The molecule has 7 heteroatoms. The molecule has 3 heterocycles. The molecular formula is C20H22ClN5S. The van der Waals surface area contributed by atoms with Gasteiger partial charge in [0.1, 0.15) is 0 Å². The molecule has 4 rings (SSSR count). The summed E-state index contributed by atoms with van der Waals surface area (Å²) in [5.41, 5.74) is 1.94. The van der Waals surface area contributed by atoms with Crippen molar-refractivity contribution in [1.82, 2.24) is 24.2 Å². The van der Waals surface area contributed by atoms with E-state index in [0.29, 0.717) is 16.5 Å². The summed E-state index contributed by atoms with van der Waals surface area (Å²) >= 11 is 11.9. The van der Waals surface area contributed by atoms with Gasteiger partial charge in [0.15, 0.2) is 5.82 Å². The second kappa shape index (κ2) is 7.92. The Labute approximate surface area is 169 Å². The molecule has 0 bridgehead atoms. The van der Waals surface area contributed by atoms with Gasteiger partial charge in [0.25, 0.3) is 0 Å². The maximum Gasteiger partial charge on any atom is 0.204 e. The number of aromatic nitrogens is 4.